The van der Waals surface area contributed by atoms with E-state index in [9.17, 15) is 0 Å². The molecule has 92 valence electrons. The number of hydrogen-bond donors (Lipinski definition) is 0. The van der Waals surface area contributed by atoms with E-state index in [1.165, 1.54) is 11.1 Å². The highest BCUT2D eigenvalue weighted by Crippen LogP contribution is 2.15. The van der Waals surface area contributed by atoms with Gasteiger partial charge in [0.2, 0.25) is 0 Å². The van der Waals surface area contributed by atoms with Crippen molar-refractivity contribution in [3.63, 3.8) is 0 Å². The molecule has 0 aliphatic heterocycles. The van der Waals surface area contributed by atoms with Crippen LogP contribution in [0.5, 0.6) is 0 Å². The molecule has 0 atom stereocenters. The van der Waals surface area contributed by atoms with E-state index in [0.29, 0.717) is 0 Å². The fraction of sp³-hybridized carbons (Fsp3) is 0.375. The molecule has 0 aliphatic carbocycles. The van der Waals surface area contributed by atoms with Crippen molar-refractivity contribution in [1.82, 2.24) is 0 Å². The summed E-state index contributed by atoms with van der Waals surface area (Å²) in [5, 5.41) is 0. The van der Waals surface area contributed by atoms with Crippen LogP contribution in [-0.4, -0.2) is 24.1 Å². The van der Waals surface area contributed by atoms with Crippen molar-refractivity contribution in [2.75, 3.05) is 19.6 Å². The summed E-state index contributed by atoms with van der Waals surface area (Å²) in [5.41, 5.74) is 2.57. The molecule has 0 saturated carbocycles. The molecule has 1 nitrogen and oxygen atoms in total. The molecule has 0 saturated heterocycles. The van der Waals surface area contributed by atoms with Gasteiger partial charge in [0.05, 0.1) is 19.6 Å². The van der Waals surface area contributed by atoms with Crippen molar-refractivity contribution in [2.24, 2.45) is 0 Å². The van der Waals surface area contributed by atoms with Crippen LogP contribution in [0.4, 0.5) is 0 Å². The van der Waals surface area contributed by atoms with Gasteiger partial charge in [0, 0.05) is 5.56 Å². The third kappa shape index (κ3) is 3.57. The largest absolute Gasteiger partial charge is 0.317 e. The number of hydrogen-bond acceptors (Lipinski definition) is 0. The molecule has 0 fully saturated rings. The summed E-state index contributed by atoms with van der Waals surface area (Å²) in [6.07, 6.45) is 3.92. The van der Waals surface area contributed by atoms with Gasteiger partial charge in [-0.15, -0.1) is 0 Å². The molecule has 17 heavy (non-hydrogen) atoms. The zero-order valence-corrected chi connectivity index (χ0v) is 11.2. The van der Waals surface area contributed by atoms with Crippen molar-refractivity contribution in [3.05, 3.63) is 54.6 Å². The Labute approximate surface area is 106 Å². The second-order valence-corrected chi connectivity index (χ2v) is 4.55. The molecule has 0 N–H and O–H groups in total. The lowest BCUT2D eigenvalue weighted by Crippen LogP contribution is -2.46. The normalized spacial score (nSPS) is 11.2. The number of nitrogens with zero attached hydrogens (tertiary/aromatic N) is 1. The summed E-state index contributed by atoms with van der Waals surface area (Å²) < 4.78 is 1.08. The summed E-state index contributed by atoms with van der Waals surface area (Å²) in [4.78, 5) is 0. The molecule has 0 spiro atoms. The van der Waals surface area contributed by atoms with Crippen LogP contribution in [0.3, 0.4) is 0 Å². The first-order valence-corrected chi connectivity index (χ1v) is 6.37. The Kier molecular flexibility index (Phi) is 5.17. The van der Waals surface area contributed by atoms with Gasteiger partial charge in [-0.3, -0.25) is 0 Å². The maximum Gasteiger partial charge on any atom is 0.105 e. The van der Waals surface area contributed by atoms with Crippen molar-refractivity contribution in [1.29, 1.82) is 0 Å². The Bertz CT molecular complexity index is 358. The predicted molar refractivity (Wildman–Crippen MR) is 76.6 cm³/mol. The molecule has 0 radical (unpaired) electrons. The lowest BCUT2D eigenvalue weighted by atomic mass is 10.1. The summed E-state index contributed by atoms with van der Waals surface area (Å²) in [5.74, 6) is 0. The Morgan fingerprint density at radius 2 is 1.65 bits per heavy atom. The van der Waals surface area contributed by atoms with Crippen LogP contribution in [0, 0.1) is 0 Å². The SMILES string of the molecule is C=CC[N+](CC)(CC)Cc1ccc(C=C)cc1. The average molecular weight is 230 g/mol. The van der Waals surface area contributed by atoms with E-state index in [1.54, 1.807) is 0 Å². The van der Waals surface area contributed by atoms with E-state index in [4.69, 9.17) is 0 Å². The molecular weight excluding hydrogens is 206 g/mol. The lowest BCUT2D eigenvalue weighted by Gasteiger charge is -2.36. The highest BCUT2D eigenvalue weighted by molar-refractivity contribution is 5.47. The van der Waals surface area contributed by atoms with Crippen molar-refractivity contribution in [3.8, 4) is 0 Å². The minimum absolute atomic E-state index is 1.04. The van der Waals surface area contributed by atoms with E-state index in [1.807, 2.05) is 12.2 Å². The fourth-order valence-corrected chi connectivity index (χ4v) is 2.19. The van der Waals surface area contributed by atoms with Crippen LogP contribution < -0.4 is 0 Å². The first kappa shape index (κ1) is 13.7. The Hall–Kier alpha value is -1.34. The van der Waals surface area contributed by atoms with Crippen molar-refractivity contribution < 1.29 is 4.48 Å². The summed E-state index contributed by atoms with van der Waals surface area (Å²) >= 11 is 0. The van der Waals surface area contributed by atoms with Gasteiger partial charge in [-0.1, -0.05) is 43.5 Å². The Morgan fingerprint density at radius 3 is 2.06 bits per heavy atom. The van der Waals surface area contributed by atoms with Crippen LogP contribution in [-0.2, 0) is 6.54 Å². The van der Waals surface area contributed by atoms with Gasteiger partial charge in [-0.05, 0) is 25.5 Å². The third-order valence-corrected chi connectivity index (χ3v) is 3.59. The molecule has 0 heterocycles. The summed E-state index contributed by atoms with van der Waals surface area (Å²) in [6.45, 7) is 16.6. The van der Waals surface area contributed by atoms with Gasteiger partial charge in [-0.2, -0.15) is 0 Å². The molecule has 0 aliphatic rings. The molecule has 0 aromatic heterocycles. The monoisotopic (exact) mass is 230 g/mol. The number of likely N-dealkylation sites (N-methyl/N-ethyl adjacent to an activating group) is 1. The average Bonchev–Trinajstić information content (AvgIpc) is 2.39. The van der Waals surface area contributed by atoms with Crippen LogP contribution >= 0.6 is 0 Å². The minimum Gasteiger partial charge on any atom is -0.317 e. The number of quaternary nitrogens is 1. The Balaban J connectivity index is 2.84. The molecular formula is C16H24N+. The van der Waals surface area contributed by atoms with E-state index in [2.05, 4.69) is 51.3 Å². The van der Waals surface area contributed by atoms with Crippen LogP contribution in [0.1, 0.15) is 25.0 Å². The van der Waals surface area contributed by atoms with Gasteiger partial charge in [0.25, 0.3) is 0 Å². The zero-order valence-electron chi connectivity index (χ0n) is 11.2. The quantitative estimate of drug-likeness (QED) is 0.493. The van der Waals surface area contributed by atoms with Gasteiger partial charge >= 0.3 is 0 Å². The predicted octanol–water partition coefficient (Wildman–Crippen LogP) is 3.87. The highest BCUT2D eigenvalue weighted by Gasteiger charge is 2.21. The minimum atomic E-state index is 1.04. The molecule has 1 aromatic carbocycles. The Morgan fingerprint density at radius 1 is 1.06 bits per heavy atom. The molecule has 1 rings (SSSR count). The lowest BCUT2D eigenvalue weighted by molar-refractivity contribution is -0.932. The summed E-state index contributed by atoms with van der Waals surface area (Å²) in [6, 6.07) is 8.68. The number of benzene rings is 1. The topological polar surface area (TPSA) is 0 Å². The van der Waals surface area contributed by atoms with Crippen molar-refractivity contribution >= 4 is 6.08 Å². The van der Waals surface area contributed by atoms with Crippen molar-refractivity contribution in [2.45, 2.75) is 20.4 Å². The maximum atomic E-state index is 3.88. The molecule has 0 bridgehead atoms. The standard InChI is InChI=1S/C16H24N/c1-5-13-17(7-3,8-4)14-16-11-9-15(6-2)10-12-16/h5-6,9-12H,1-2,7-8,13-14H2,3-4H3/q+1. The van der Waals surface area contributed by atoms with E-state index >= 15 is 0 Å². The second-order valence-electron chi connectivity index (χ2n) is 4.55. The van der Waals surface area contributed by atoms with E-state index in [0.717, 1.165) is 30.7 Å². The van der Waals surface area contributed by atoms with Gasteiger partial charge < -0.3 is 4.48 Å². The molecule has 1 heteroatoms. The van der Waals surface area contributed by atoms with Gasteiger partial charge in [0.15, 0.2) is 0 Å². The molecule has 0 unspecified atom stereocenters. The maximum absolute atomic E-state index is 3.88. The van der Waals surface area contributed by atoms with Crippen LogP contribution in [0.25, 0.3) is 6.08 Å². The summed E-state index contributed by atoms with van der Waals surface area (Å²) in [7, 11) is 0. The number of rotatable bonds is 7. The third-order valence-electron chi connectivity index (χ3n) is 3.59. The van der Waals surface area contributed by atoms with Gasteiger partial charge in [-0.25, -0.2) is 0 Å². The van der Waals surface area contributed by atoms with E-state index < -0.39 is 0 Å². The molecule has 0 amide bonds. The van der Waals surface area contributed by atoms with E-state index in [-0.39, 0.29) is 0 Å². The highest BCUT2D eigenvalue weighted by atomic mass is 15.3. The first-order valence-electron chi connectivity index (χ1n) is 6.37. The van der Waals surface area contributed by atoms with Gasteiger partial charge in [0.1, 0.15) is 6.54 Å². The van der Waals surface area contributed by atoms with Crippen LogP contribution in [0.2, 0.25) is 0 Å². The smallest absolute Gasteiger partial charge is 0.105 e. The fourth-order valence-electron chi connectivity index (χ4n) is 2.19. The van der Waals surface area contributed by atoms with Crippen LogP contribution in [0.15, 0.2) is 43.5 Å². The zero-order chi connectivity index (χ0) is 12.7. The second kappa shape index (κ2) is 6.41. The molecule has 1 aromatic rings. The first-order chi connectivity index (χ1) is 8.19.